The van der Waals surface area contributed by atoms with Gasteiger partial charge in [-0.1, -0.05) is 30.3 Å². The Balaban J connectivity index is 1.32. The molecule has 10 nitrogen and oxygen atoms in total. The van der Waals surface area contributed by atoms with Crippen LogP contribution in [0.1, 0.15) is 37.7 Å². The number of hydrogen-bond acceptors (Lipinski definition) is 8. The Bertz CT molecular complexity index is 1580. The van der Waals surface area contributed by atoms with E-state index in [4.69, 9.17) is 14.2 Å². The molecule has 3 aromatic carbocycles. The number of carbonyl (C=O) groups is 2. The van der Waals surface area contributed by atoms with Crippen LogP contribution in [-0.2, 0) is 11.3 Å². The Labute approximate surface area is 223 Å². The van der Waals surface area contributed by atoms with Gasteiger partial charge in [0.25, 0.3) is 5.69 Å². The molecule has 0 radical (unpaired) electrons. The lowest BCUT2D eigenvalue weighted by Crippen LogP contribution is -2.16. The molecule has 0 fully saturated rings. The zero-order chi connectivity index (χ0) is 27.5. The van der Waals surface area contributed by atoms with E-state index in [1.54, 1.807) is 13.0 Å². The number of esters is 1. The number of aromatic nitrogens is 1. The molecule has 0 saturated carbocycles. The van der Waals surface area contributed by atoms with E-state index in [-0.39, 0.29) is 18.0 Å². The normalized spacial score (nSPS) is 11.7. The fourth-order valence-corrected chi connectivity index (χ4v) is 4.52. The average Bonchev–Trinajstić information content (AvgIpc) is 3.53. The molecule has 0 unspecified atom stereocenters. The molecule has 1 aromatic heterocycles. The number of nitrogens with zero attached hydrogens (tertiary/aromatic N) is 2. The van der Waals surface area contributed by atoms with Crippen molar-refractivity contribution in [1.82, 2.24) is 4.57 Å². The molecule has 1 aliphatic rings. The third kappa shape index (κ3) is 5.30. The Hall–Kier alpha value is -5.12. The smallest absolute Gasteiger partial charge is 0.340 e. The summed E-state index contributed by atoms with van der Waals surface area (Å²) in [5.74, 6) is 0.0403. The Kier molecular flexibility index (Phi) is 7.00. The van der Waals surface area contributed by atoms with Crippen molar-refractivity contribution in [3.63, 3.8) is 0 Å². The summed E-state index contributed by atoms with van der Waals surface area (Å²) in [4.78, 5) is 36.8. The maximum atomic E-state index is 13.1. The molecule has 0 aliphatic carbocycles. The number of ketones is 1. The number of hydrogen-bond donors (Lipinski definition) is 1. The molecule has 0 amide bonds. The topological polar surface area (TPSA) is 122 Å². The summed E-state index contributed by atoms with van der Waals surface area (Å²) in [6.45, 7) is 3.70. The maximum absolute atomic E-state index is 13.1. The van der Waals surface area contributed by atoms with Crippen LogP contribution in [0.25, 0.3) is 5.69 Å². The van der Waals surface area contributed by atoms with Crippen molar-refractivity contribution in [2.45, 2.75) is 20.4 Å². The number of aryl methyl sites for hydroxylation is 1. The first-order valence-corrected chi connectivity index (χ1v) is 12.2. The summed E-state index contributed by atoms with van der Waals surface area (Å²) < 4.78 is 18.1. The van der Waals surface area contributed by atoms with Gasteiger partial charge in [0.1, 0.15) is 0 Å². The Morgan fingerprint density at radius 2 is 1.74 bits per heavy atom. The van der Waals surface area contributed by atoms with E-state index >= 15 is 0 Å². The molecule has 198 valence electrons. The van der Waals surface area contributed by atoms with Crippen molar-refractivity contribution in [3.05, 3.63) is 111 Å². The first kappa shape index (κ1) is 25.5. The van der Waals surface area contributed by atoms with E-state index in [9.17, 15) is 19.7 Å². The molecule has 0 saturated heterocycles. The van der Waals surface area contributed by atoms with Crippen LogP contribution in [0.15, 0.2) is 72.8 Å². The highest BCUT2D eigenvalue weighted by Gasteiger charge is 2.23. The average molecular weight is 528 g/mol. The first-order chi connectivity index (χ1) is 18.8. The molecule has 0 spiro atoms. The fraction of sp³-hybridized carbons (Fsp3) is 0.172. The van der Waals surface area contributed by atoms with Crippen molar-refractivity contribution >= 4 is 23.1 Å². The predicted octanol–water partition coefficient (Wildman–Crippen LogP) is 5.38. The lowest BCUT2D eigenvalue weighted by Gasteiger charge is -2.12. The summed E-state index contributed by atoms with van der Waals surface area (Å²) >= 11 is 0. The lowest BCUT2D eigenvalue weighted by molar-refractivity contribution is -0.384. The van der Waals surface area contributed by atoms with Crippen LogP contribution in [0.2, 0.25) is 0 Å². The van der Waals surface area contributed by atoms with Crippen LogP contribution < -0.4 is 14.8 Å². The SMILES string of the molecule is Cc1cc(C(=O)COC(=O)c2cc([N+](=O)[O-])ccc2NCc2ccccc2)c(C)n1-c1ccc2c(c1)OCO2. The molecule has 5 rings (SSSR count). The molecule has 1 N–H and O–H groups in total. The van der Waals surface area contributed by atoms with Crippen LogP contribution >= 0.6 is 0 Å². The van der Waals surface area contributed by atoms with Gasteiger partial charge in [-0.15, -0.1) is 0 Å². The molecule has 1 aliphatic heterocycles. The van der Waals surface area contributed by atoms with Gasteiger partial charge in [-0.2, -0.15) is 0 Å². The van der Waals surface area contributed by atoms with Crippen molar-refractivity contribution in [2.24, 2.45) is 0 Å². The van der Waals surface area contributed by atoms with E-state index in [1.807, 2.05) is 60.0 Å². The van der Waals surface area contributed by atoms with Gasteiger partial charge < -0.3 is 24.1 Å². The standard InChI is InChI=1S/C29H25N3O7/c1-18-12-23(19(2)31(18)21-9-11-27-28(14-21)39-17-38-27)26(33)16-37-29(34)24-13-22(32(35)36)8-10-25(24)30-15-20-6-4-3-5-7-20/h3-14,30H,15-17H2,1-2H3. The highest BCUT2D eigenvalue weighted by Crippen LogP contribution is 2.35. The predicted molar refractivity (Wildman–Crippen MR) is 143 cm³/mol. The van der Waals surface area contributed by atoms with E-state index in [2.05, 4.69) is 5.32 Å². The second-order valence-electron chi connectivity index (χ2n) is 8.98. The highest BCUT2D eigenvalue weighted by molar-refractivity contribution is 6.02. The number of benzene rings is 3. The zero-order valence-electron chi connectivity index (χ0n) is 21.3. The number of anilines is 1. The fourth-order valence-electron chi connectivity index (χ4n) is 4.52. The van der Waals surface area contributed by atoms with E-state index in [1.165, 1.54) is 12.1 Å². The molecule has 4 aromatic rings. The van der Waals surface area contributed by atoms with Crippen LogP contribution in [0.4, 0.5) is 11.4 Å². The minimum atomic E-state index is -0.841. The number of ether oxygens (including phenoxy) is 3. The number of nitrogens with one attached hydrogen (secondary N) is 1. The van der Waals surface area contributed by atoms with Crippen molar-refractivity contribution in [3.8, 4) is 17.2 Å². The van der Waals surface area contributed by atoms with Crippen LogP contribution in [0.3, 0.4) is 0 Å². The number of carbonyl (C=O) groups excluding carboxylic acids is 2. The summed E-state index contributed by atoms with van der Waals surface area (Å²) in [6.07, 6.45) is 0. The van der Waals surface area contributed by atoms with E-state index in [0.717, 1.165) is 23.0 Å². The number of fused-ring (bicyclic) bond motifs is 1. The minimum Gasteiger partial charge on any atom is -0.454 e. The second kappa shape index (κ2) is 10.7. The van der Waals surface area contributed by atoms with E-state index < -0.39 is 23.3 Å². The Morgan fingerprint density at radius 3 is 2.51 bits per heavy atom. The number of nitro benzene ring substituents is 1. The van der Waals surface area contributed by atoms with Crippen LogP contribution in [0, 0.1) is 24.0 Å². The highest BCUT2D eigenvalue weighted by atomic mass is 16.7. The quantitative estimate of drug-likeness (QED) is 0.133. The monoisotopic (exact) mass is 527 g/mol. The van der Waals surface area contributed by atoms with Gasteiger partial charge >= 0.3 is 5.97 Å². The van der Waals surface area contributed by atoms with Gasteiger partial charge in [-0.3, -0.25) is 14.9 Å². The molecular weight excluding hydrogens is 502 g/mol. The molecule has 0 bridgehead atoms. The maximum Gasteiger partial charge on any atom is 0.340 e. The van der Waals surface area contributed by atoms with E-state index in [0.29, 0.717) is 35.0 Å². The molecule has 39 heavy (non-hydrogen) atoms. The van der Waals surface area contributed by atoms with Crippen LogP contribution in [-0.4, -0.2) is 34.6 Å². The number of rotatable bonds is 9. The van der Waals surface area contributed by atoms with Crippen molar-refractivity contribution in [1.29, 1.82) is 0 Å². The third-order valence-corrected chi connectivity index (χ3v) is 6.44. The van der Waals surface area contributed by atoms with Gasteiger partial charge in [0.05, 0.1) is 10.5 Å². The Morgan fingerprint density at radius 1 is 0.974 bits per heavy atom. The second-order valence-corrected chi connectivity index (χ2v) is 8.98. The lowest BCUT2D eigenvalue weighted by atomic mass is 10.1. The summed E-state index contributed by atoms with van der Waals surface area (Å²) in [6, 6.07) is 20.6. The van der Waals surface area contributed by atoms with Crippen molar-refractivity contribution in [2.75, 3.05) is 18.7 Å². The molecule has 10 heteroatoms. The summed E-state index contributed by atoms with van der Waals surface area (Å²) in [7, 11) is 0. The summed E-state index contributed by atoms with van der Waals surface area (Å²) in [5.41, 5.74) is 3.73. The minimum absolute atomic E-state index is 0.0289. The number of nitro groups is 1. The van der Waals surface area contributed by atoms with Gasteiger partial charge in [0, 0.05) is 53.1 Å². The number of non-ortho nitro benzene ring substituents is 1. The van der Waals surface area contributed by atoms with Gasteiger partial charge in [0.15, 0.2) is 18.1 Å². The van der Waals surface area contributed by atoms with Gasteiger partial charge in [-0.05, 0) is 43.7 Å². The number of Topliss-reactive ketones (excluding diaryl/α,β-unsaturated/α-hetero) is 1. The van der Waals surface area contributed by atoms with Gasteiger partial charge in [-0.25, -0.2) is 4.79 Å². The summed E-state index contributed by atoms with van der Waals surface area (Å²) in [5, 5.41) is 14.5. The molecule has 0 atom stereocenters. The van der Waals surface area contributed by atoms with Crippen LogP contribution in [0.5, 0.6) is 11.5 Å². The largest absolute Gasteiger partial charge is 0.454 e. The zero-order valence-corrected chi connectivity index (χ0v) is 21.3. The first-order valence-electron chi connectivity index (χ1n) is 12.2. The third-order valence-electron chi connectivity index (χ3n) is 6.44. The van der Waals surface area contributed by atoms with Gasteiger partial charge in [0.2, 0.25) is 12.6 Å². The molecular formula is C29H25N3O7. The van der Waals surface area contributed by atoms with Crippen molar-refractivity contribution < 1.29 is 28.7 Å². The molecule has 2 heterocycles.